The first-order valence-electron chi connectivity index (χ1n) is 7.07. The third kappa shape index (κ3) is 3.25. The molecule has 2 rings (SSSR count). The number of para-hydroxylation sites is 1. The van der Waals surface area contributed by atoms with Gasteiger partial charge in [0.25, 0.3) is 0 Å². The molecule has 106 valence electrons. The number of rotatable bonds is 6. The van der Waals surface area contributed by atoms with Crippen LogP contribution in [0.4, 0.5) is 10.1 Å². The Morgan fingerprint density at radius 2 is 2.11 bits per heavy atom. The molecule has 19 heavy (non-hydrogen) atoms. The summed E-state index contributed by atoms with van der Waals surface area (Å²) in [6, 6.07) is 5.57. The Kier molecular flexibility index (Phi) is 5.16. The maximum absolute atomic E-state index is 14.2. The van der Waals surface area contributed by atoms with Crippen LogP contribution in [0.1, 0.15) is 31.2 Å². The molecule has 3 nitrogen and oxygen atoms in total. The molecule has 1 aromatic carbocycles. The largest absolute Gasteiger partial charge is 0.395 e. The number of anilines is 1. The zero-order valence-corrected chi connectivity index (χ0v) is 11.5. The predicted molar refractivity (Wildman–Crippen MR) is 75.9 cm³/mol. The van der Waals surface area contributed by atoms with Crippen LogP contribution >= 0.6 is 0 Å². The SMILES string of the molecule is CNCc1cccc(F)c1N(CCO)C1CCCC1. The van der Waals surface area contributed by atoms with Crippen molar-refractivity contribution in [1.82, 2.24) is 5.32 Å². The van der Waals surface area contributed by atoms with Crippen LogP contribution < -0.4 is 10.2 Å². The minimum atomic E-state index is -0.187. The van der Waals surface area contributed by atoms with Gasteiger partial charge in [-0.25, -0.2) is 4.39 Å². The molecule has 0 amide bonds. The number of aliphatic hydroxyl groups is 1. The van der Waals surface area contributed by atoms with E-state index in [0.717, 1.165) is 18.4 Å². The normalized spacial score (nSPS) is 15.9. The van der Waals surface area contributed by atoms with Crippen molar-refractivity contribution in [2.45, 2.75) is 38.3 Å². The fourth-order valence-corrected chi connectivity index (χ4v) is 3.02. The van der Waals surface area contributed by atoms with Crippen LogP contribution in [0.25, 0.3) is 0 Å². The monoisotopic (exact) mass is 266 g/mol. The summed E-state index contributed by atoms with van der Waals surface area (Å²) in [5, 5.41) is 12.4. The van der Waals surface area contributed by atoms with Crippen molar-refractivity contribution in [3.63, 3.8) is 0 Å². The average molecular weight is 266 g/mol. The zero-order valence-electron chi connectivity index (χ0n) is 11.5. The summed E-state index contributed by atoms with van der Waals surface area (Å²) >= 11 is 0. The van der Waals surface area contributed by atoms with Crippen LogP contribution in [0.5, 0.6) is 0 Å². The fraction of sp³-hybridized carbons (Fsp3) is 0.600. The van der Waals surface area contributed by atoms with E-state index in [9.17, 15) is 9.50 Å². The Labute approximate surface area is 114 Å². The van der Waals surface area contributed by atoms with Crippen molar-refractivity contribution < 1.29 is 9.50 Å². The highest BCUT2D eigenvalue weighted by molar-refractivity contribution is 5.56. The van der Waals surface area contributed by atoms with Crippen LogP contribution in [0.15, 0.2) is 18.2 Å². The Morgan fingerprint density at radius 3 is 2.74 bits per heavy atom. The molecule has 0 unspecified atom stereocenters. The Hall–Kier alpha value is -1.13. The number of benzene rings is 1. The van der Waals surface area contributed by atoms with E-state index in [-0.39, 0.29) is 12.4 Å². The molecule has 0 aromatic heterocycles. The number of aliphatic hydroxyl groups excluding tert-OH is 1. The van der Waals surface area contributed by atoms with Crippen LogP contribution in [0, 0.1) is 5.82 Å². The van der Waals surface area contributed by atoms with Crippen molar-refractivity contribution in [3.05, 3.63) is 29.6 Å². The van der Waals surface area contributed by atoms with E-state index in [1.165, 1.54) is 18.9 Å². The molecule has 2 N–H and O–H groups in total. The molecule has 1 saturated carbocycles. The summed E-state index contributed by atoms with van der Waals surface area (Å²) < 4.78 is 14.2. The molecule has 0 aliphatic heterocycles. The average Bonchev–Trinajstić information content (AvgIpc) is 2.91. The molecule has 0 saturated heterocycles. The van der Waals surface area contributed by atoms with Gasteiger partial charge in [0.05, 0.1) is 12.3 Å². The Morgan fingerprint density at radius 1 is 1.37 bits per heavy atom. The number of hydrogen-bond donors (Lipinski definition) is 2. The van der Waals surface area contributed by atoms with E-state index < -0.39 is 0 Å². The number of nitrogens with zero attached hydrogens (tertiary/aromatic N) is 1. The molecular weight excluding hydrogens is 243 g/mol. The van der Waals surface area contributed by atoms with Gasteiger partial charge in [0.2, 0.25) is 0 Å². The summed E-state index contributed by atoms with van der Waals surface area (Å²) in [7, 11) is 1.86. The molecule has 0 heterocycles. The first-order chi connectivity index (χ1) is 9.27. The van der Waals surface area contributed by atoms with Gasteiger partial charge in [0, 0.05) is 19.1 Å². The first-order valence-corrected chi connectivity index (χ1v) is 7.07. The lowest BCUT2D eigenvalue weighted by Gasteiger charge is -2.32. The standard InChI is InChI=1S/C15H23FN2O/c1-17-11-12-5-4-8-14(16)15(12)18(9-10-19)13-6-2-3-7-13/h4-5,8,13,17,19H,2-3,6-7,9-11H2,1H3. The van der Waals surface area contributed by atoms with Crippen LogP contribution in [0.2, 0.25) is 0 Å². The second-order valence-corrected chi connectivity index (χ2v) is 5.13. The van der Waals surface area contributed by atoms with Crippen molar-refractivity contribution in [2.75, 3.05) is 25.1 Å². The van der Waals surface area contributed by atoms with E-state index in [4.69, 9.17) is 0 Å². The van der Waals surface area contributed by atoms with Crippen LogP contribution in [-0.2, 0) is 6.54 Å². The predicted octanol–water partition coefficient (Wildman–Crippen LogP) is 2.29. The van der Waals surface area contributed by atoms with Crippen LogP contribution in [-0.4, -0.2) is 31.3 Å². The van der Waals surface area contributed by atoms with E-state index in [2.05, 4.69) is 10.2 Å². The minimum absolute atomic E-state index is 0.0594. The van der Waals surface area contributed by atoms with Gasteiger partial charge in [-0.1, -0.05) is 25.0 Å². The smallest absolute Gasteiger partial charge is 0.146 e. The molecule has 0 spiro atoms. The Balaban J connectivity index is 2.33. The highest BCUT2D eigenvalue weighted by Crippen LogP contribution is 2.32. The molecule has 1 aromatic rings. The summed E-state index contributed by atoms with van der Waals surface area (Å²) in [6.07, 6.45) is 4.57. The van der Waals surface area contributed by atoms with Crippen molar-refractivity contribution >= 4 is 5.69 Å². The first kappa shape index (κ1) is 14.3. The molecular formula is C15H23FN2O. The summed E-state index contributed by atoms with van der Waals surface area (Å²) in [5.74, 6) is -0.187. The van der Waals surface area contributed by atoms with E-state index in [1.54, 1.807) is 6.07 Å². The molecule has 0 bridgehead atoms. The van der Waals surface area contributed by atoms with E-state index in [0.29, 0.717) is 24.8 Å². The van der Waals surface area contributed by atoms with Gasteiger partial charge >= 0.3 is 0 Å². The number of halogens is 1. The fourth-order valence-electron chi connectivity index (χ4n) is 3.02. The van der Waals surface area contributed by atoms with Crippen molar-refractivity contribution in [3.8, 4) is 0 Å². The second-order valence-electron chi connectivity index (χ2n) is 5.13. The van der Waals surface area contributed by atoms with Gasteiger partial charge in [0.15, 0.2) is 0 Å². The topological polar surface area (TPSA) is 35.5 Å². The van der Waals surface area contributed by atoms with Gasteiger partial charge in [-0.2, -0.15) is 0 Å². The molecule has 4 heteroatoms. The number of hydrogen-bond acceptors (Lipinski definition) is 3. The summed E-state index contributed by atoms with van der Waals surface area (Å²) in [4.78, 5) is 2.06. The number of nitrogens with one attached hydrogen (secondary N) is 1. The summed E-state index contributed by atoms with van der Waals surface area (Å²) in [5.41, 5.74) is 1.63. The lowest BCUT2D eigenvalue weighted by molar-refractivity contribution is 0.296. The minimum Gasteiger partial charge on any atom is -0.395 e. The highest BCUT2D eigenvalue weighted by Gasteiger charge is 2.26. The maximum Gasteiger partial charge on any atom is 0.146 e. The lowest BCUT2D eigenvalue weighted by Crippen LogP contribution is -2.37. The lowest BCUT2D eigenvalue weighted by atomic mass is 10.1. The molecule has 0 atom stereocenters. The molecule has 1 aliphatic rings. The highest BCUT2D eigenvalue weighted by atomic mass is 19.1. The maximum atomic E-state index is 14.2. The third-order valence-electron chi connectivity index (χ3n) is 3.83. The third-order valence-corrected chi connectivity index (χ3v) is 3.83. The van der Waals surface area contributed by atoms with Gasteiger partial charge in [0.1, 0.15) is 5.82 Å². The van der Waals surface area contributed by atoms with E-state index in [1.807, 2.05) is 13.1 Å². The van der Waals surface area contributed by atoms with Gasteiger partial charge in [-0.05, 0) is 31.5 Å². The zero-order chi connectivity index (χ0) is 13.7. The quantitative estimate of drug-likeness (QED) is 0.829. The molecule has 0 radical (unpaired) electrons. The second kappa shape index (κ2) is 6.87. The van der Waals surface area contributed by atoms with Crippen molar-refractivity contribution in [2.24, 2.45) is 0 Å². The van der Waals surface area contributed by atoms with Crippen LogP contribution in [0.3, 0.4) is 0 Å². The molecule has 1 aliphatic carbocycles. The summed E-state index contributed by atoms with van der Waals surface area (Å²) in [6.45, 7) is 1.20. The van der Waals surface area contributed by atoms with Gasteiger partial charge in [-0.15, -0.1) is 0 Å². The van der Waals surface area contributed by atoms with Gasteiger partial charge in [-0.3, -0.25) is 0 Å². The van der Waals surface area contributed by atoms with Crippen molar-refractivity contribution in [1.29, 1.82) is 0 Å². The van der Waals surface area contributed by atoms with Gasteiger partial charge < -0.3 is 15.3 Å². The molecule has 1 fully saturated rings. The Bertz CT molecular complexity index is 405. The van der Waals surface area contributed by atoms with E-state index >= 15 is 0 Å².